The number of rotatable bonds is 42. The molecule has 0 aliphatic carbocycles. The molecule has 0 fully saturated rings. The van der Waals surface area contributed by atoms with Crippen molar-refractivity contribution in [3.63, 3.8) is 0 Å². The number of carbonyl (C=O) groups is 2. The van der Waals surface area contributed by atoms with E-state index in [-0.39, 0.29) is 32.0 Å². The predicted molar refractivity (Wildman–Crippen MR) is 243 cm³/mol. The van der Waals surface area contributed by atoms with Crippen molar-refractivity contribution in [1.29, 1.82) is 0 Å². The van der Waals surface area contributed by atoms with Gasteiger partial charge in [0.2, 0.25) is 0 Å². The molecule has 0 aliphatic rings. The maximum Gasteiger partial charge on any atom is 0.472 e. The van der Waals surface area contributed by atoms with Gasteiger partial charge in [0.05, 0.1) is 27.7 Å². The summed E-state index contributed by atoms with van der Waals surface area (Å²) in [5, 5.41) is 0. The van der Waals surface area contributed by atoms with Gasteiger partial charge in [-0.05, 0) is 51.4 Å². The van der Waals surface area contributed by atoms with Crippen LogP contribution in [0.4, 0.5) is 0 Å². The van der Waals surface area contributed by atoms with Crippen LogP contribution >= 0.6 is 7.82 Å². The summed E-state index contributed by atoms with van der Waals surface area (Å²) in [7, 11) is 1.45. The van der Waals surface area contributed by atoms with E-state index in [0.29, 0.717) is 17.4 Å². The molecule has 0 bridgehead atoms. The Kier molecular flexibility index (Phi) is 39.0. The minimum Gasteiger partial charge on any atom is -0.462 e. The molecule has 1 N–H and O–H groups in total. The summed E-state index contributed by atoms with van der Waals surface area (Å²) in [4.78, 5) is 35.4. The third-order valence-corrected chi connectivity index (χ3v) is 10.9. The first-order chi connectivity index (χ1) is 28.0. The Labute approximate surface area is 356 Å². The minimum atomic E-state index is -4.39. The highest BCUT2D eigenvalue weighted by Crippen LogP contribution is 2.43. The molecule has 9 nitrogen and oxygen atoms in total. The molecule has 0 saturated heterocycles. The molecule has 0 radical (unpaired) electrons. The van der Waals surface area contributed by atoms with Crippen LogP contribution in [0, 0.1) is 0 Å². The summed E-state index contributed by atoms with van der Waals surface area (Å²) < 4.78 is 34.3. The first kappa shape index (κ1) is 56.0. The van der Waals surface area contributed by atoms with Crippen molar-refractivity contribution in [2.24, 2.45) is 0 Å². The lowest BCUT2D eigenvalue weighted by Gasteiger charge is -2.24. The fraction of sp³-hybridized carbons (Fsp3) is 0.792. The second kappa shape index (κ2) is 40.4. The third-order valence-electron chi connectivity index (χ3n) is 9.87. The Balaban J connectivity index is 4.33. The van der Waals surface area contributed by atoms with E-state index in [4.69, 9.17) is 18.5 Å². The van der Waals surface area contributed by atoms with Crippen molar-refractivity contribution < 1.29 is 42.1 Å². The van der Waals surface area contributed by atoms with E-state index in [0.717, 1.165) is 57.8 Å². The van der Waals surface area contributed by atoms with Gasteiger partial charge in [0, 0.05) is 12.8 Å². The first-order valence-electron chi connectivity index (χ1n) is 23.4. The van der Waals surface area contributed by atoms with Crippen molar-refractivity contribution in [1.82, 2.24) is 0 Å². The molecule has 0 spiro atoms. The lowest BCUT2D eigenvalue weighted by atomic mass is 10.0. The number of carbonyl (C=O) groups excluding carboxylic acids is 2. The summed E-state index contributed by atoms with van der Waals surface area (Å²) in [5.74, 6) is -0.843. The van der Waals surface area contributed by atoms with Crippen LogP contribution in [0.15, 0.2) is 48.6 Å². The van der Waals surface area contributed by atoms with Crippen LogP contribution in [0.25, 0.3) is 0 Å². The summed E-state index contributed by atoms with van der Waals surface area (Å²) in [6.07, 6.45) is 47.4. The van der Waals surface area contributed by atoms with Gasteiger partial charge < -0.3 is 18.9 Å². The largest absolute Gasteiger partial charge is 0.472 e. The summed E-state index contributed by atoms with van der Waals surface area (Å²) in [6.45, 7) is 4.27. The summed E-state index contributed by atoms with van der Waals surface area (Å²) in [6, 6.07) is 0. The highest BCUT2D eigenvalue weighted by molar-refractivity contribution is 7.47. The number of hydrogen-bond acceptors (Lipinski definition) is 7. The number of likely N-dealkylation sites (N-methyl/N-ethyl adjacent to an activating group) is 1. The van der Waals surface area contributed by atoms with Gasteiger partial charge in [-0.1, -0.05) is 178 Å². The summed E-state index contributed by atoms with van der Waals surface area (Å²) >= 11 is 0. The van der Waals surface area contributed by atoms with E-state index in [9.17, 15) is 19.0 Å². The summed E-state index contributed by atoms with van der Waals surface area (Å²) in [5.41, 5.74) is 0. The average molecular weight is 839 g/mol. The van der Waals surface area contributed by atoms with Crippen molar-refractivity contribution >= 4 is 19.8 Å². The maximum absolute atomic E-state index is 12.7. The molecule has 10 heteroatoms. The first-order valence-corrected chi connectivity index (χ1v) is 24.9. The number of phosphoric acid groups is 1. The fourth-order valence-corrected chi connectivity index (χ4v) is 6.98. The van der Waals surface area contributed by atoms with Crippen LogP contribution in [0.5, 0.6) is 0 Å². The number of phosphoric ester groups is 1. The van der Waals surface area contributed by atoms with Crippen LogP contribution in [-0.4, -0.2) is 74.9 Å². The fourth-order valence-electron chi connectivity index (χ4n) is 6.24. The van der Waals surface area contributed by atoms with Crippen LogP contribution in [0.2, 0.25) is 0 Å². The molecule has 0 rings (SSSR count). The Morgan fingerprint density at radius 3 is 1.47 bits per heavy atom. The second-order valence-electron chi connectivity index (χ2n) is 16.8. The zero-order valence-corrected chi connectivity index (χ0v) is 38.9. The normalized spacial score (nSPS) is 14.0. The van der Waals surface area contributed by atoms with E-state index in [1.54, 1.807) is 0 Å². The monoisotopic (exact) mass is 839 g/mol. The van der Waals surface area contributed by atoms with E-state index in [1.165, 1.54) is 103 Å². The highest BCUT2D eigenvalue weighted by atomic mass is 31.2. The van der Waals surface area contributed by atoms with Crippen LogP contribution < -0.4 is 0 Å². The zero-order chi connectivity index (χ0) is 42.8. The highest BCUT2D eigenvalue weighted by Gasteiger charge is 2.27. The van der Waals surface area contributed by atoms with Crippen molar-refractivity contribution in [2.45, 2.75) is 200 Å². The van der Waals surface area contributed by atoms with Crippen LogP contribution in [0.3, 0.4) is 0 Å². The molecule has 58 heavy (non-hydrogen) atoms. The van der Waals surface area contributed by atoms with Gasteiger partial charge in [0.15, 0.2) is 6.10 Å². The number of unbranched alkanes of at least 4 members (excludes halogenated alkanes) is 20. The van der Waals surface area contributed by atoms with Crippen LogP contribution in [-0.2, 0) is 32.7 Å². The predicted octanol–water partition coefficient (Wildman–Crippen LogP) is 13.5. The van der Waals surface area contributed by atoms with Crippen molar-refractivity contribution in [2.75, 3.05) is 47.5 Å². The lowest BCUT2D eigenvalue weighted by Crippen LogP contribution is -2.37. The standard InChI is InChI=1S/C48H88NO8P/c1-6-8-10-12-14-16-18-20-22-23-24-25-27-28-30-32-34-36-38-40-47(50)54-44-46(45-56-58(52,53)55-43-42-49(3,4)5)57-48(51)41-39-37-35-33-31-29-26-21-19-17-15-13-11-9-7-2/h9,11,15,17,21,26,31,33,46H,6-8,10,12-14,16,18-20,22-25,27-30,32,34-45H2,1-5H3/p+1/b11-9-,17-15-,26-21-,33-31-. The molecule has 0 aromatic carbocycles. The van der Waals surface area contributed by atoms with Gasteiger partial charge in [0.1, 0.15) is 19.8 Å². The van der Waals surface area contributed by atoms with Gasteiger partial charge in [-0.2, -0.15) is 0 Å². The Bertz CT molecular complexity index is 1130. The Hall–Kier alpha value is -2.03. The van der Waals surface area contributed by atoms with Crippen LogP contribution in [0.1, 0.15) is 194 Å². The number of esters is 2. The number of quaternary nitrogens is 1. The Morgan fingerprint density at radius 2 is 0.983 bits per heavy atom. The molecule has 0 aromatic rings. The number of ether oxygens (including phenoxy) is 2. The molecular weight excluding hydrogens is 750 g/mol. The maximum atomic E-state index is 12.7. The van der Waals surface area contributed by atoms with Gasteiger partial charge in [-0.15, -0.1) is 0 Å². The molecule has 0 saturated carbocycles. The lowest BCUT2D eigenvalue weighted by molar-refractivity contribution is -0.870. The SMILES string of the molecule is CC/C=C\C/C=C\C/C=C\C/C=C\CCCCC(=O)OC(COC(=O)CCCCCCCCCCCCCCCCCCCCC)COP(=O)(O)OCC[N+](C)(C)C. The van der Waals surface area contributed by atoms with Gasteiger partial charge in [-0.3, -0.25) is 18.6 Å². The molecule has 0 aliphatic heterocycles. The molecule has 0 amide bonds. The second-order valence-corrected chi connectivity index (χ2v) is 18.2. The molecule has 2 atom stereocenters. The van der Waals surface area contributed by atoms with E-state index >= 15 is 0 Å². The molecule has 0 heterocycles. The number of nitrogens with zero attached hydrogens (tertiary/aromatic N) is 1. The average Bonchev–Trinajstić information content (AvgIpc) is 3.17. The van der Waals surface area contributed by atoms with Gasteiger partial charge in [-0.25, -0.2) is 4.57 Å². The van der Waals surface area contributed by atoms with Gasteiger partial charge in [0.25, 0.3) is 0 Å². The topological polar surface area (TPSA) is 108 Å². The quantitative estimate of drug-likeness (QED) is 0.0213. The molecule has 338 valence electrons. The zero-order valence-electron chi connectivity index (χ0n) is 38.0. The number of hydrogen-bond donors (Lipinski definition) is 1. The van der Waals surface area contributed by atoms with Crippen molar-refractivity contribution in [3.8, 4) is 0 Å². The van der Waals surface area contributed by atoms with E-state index < -0.39 is 26.5 Å². The van der Waals surface area contributed by atoms with Gasteiger partial charge >= 0.3 is 19.8 Å². The minimum absolute atomic E-state index is 0.0232. The number of allylic oxidation sites excluding steroid dienone is 8. The van der Waals surface area contributed by atoms with E-state index in [1.807, 2.05) is 21.1 Å². The van der Waals surface area contributed by atoms with E-state index in [2.05, 4.69) is 62.5 Å². The molecular formula is C48H89NO8P+. The third kappa shape index (κ3) is 43.5. The Morgan fingerprint density at radius 1 is 0.552 bits per heavy atom. The molecule has 0 aromatic heterocycles. The molecule has 2 unspecified atom stereocenters. The smallest absolute Gasteiger partial charge is 0.462 e. The van der Waals surface area contributed by atoms with Crippen molar-refractivity contribution in [3.05, 3.63) is 48.6 Å².